The van der Waals surface area contributed by atoms with Crippen LogP contribution in [0.2, 0.25) is 0 Å². The fraction of sp³-hybridized carbons (Fsp3) is 0.182. The normalized spacial score (nSPS) is 10.7. The second kappa shape index (κ2) is 4.32. The number of allylic oxidation sites excluding steroid dienone is 1. The summed E-state index contributed by atoms with van der Waals surface area (Å²) in [6.45, 7) is 2.04. The van der Waals surface area contributed by atoms with E-state index in [1.165, 1.54) is 11.6 Å². The molecule has 0 radical (unpaired) electrons. The van der Waals surface area contributed by atoms with Crippen LogP contribution in [0.3, 0.4) is 0 Å². The van der Waals surface area contributed by atoms with E-state index in [2.05, 4.69) is 5.32 Å². The number of nitrogens with zero attached hydrogens (tertiary/aromatic N) is 1. The Morgan fingerprint density at radius 2 is 2.00 bits per heavy atom. The SMILES string of the molecule is CN/C(=C\C#N)c1ccc(C)cc1. The van der Waals surface area contributed by atoms with Crippen molar-refractivity contribution in [3.8, 4) is 6.07 Å². The molecule has 0 saturated heterocycles. The van der Waals surface area contributed by atoms with Crippen molar-refractivity contribution in [2.24, 2.45) is 0 Å². The zero-order valence-electron chi connectivity index (χ0n) is 7.83. The van der Waals surface area contributed by atoms with Crippen molar-refractivity contribution < 1.29 is 0 Å². The molecule has 1 aromatic carbocycles. The van der Waals surface area contributed by atoms with Gasteiger partial charge in [0, 0.05) is 13.1 Å². The van der Waals surface area contributed by atoms with Gasteiger partial charge in [-0.3, -0.25) is 0 Å². The Morgan fingerprint density at radius 1 is 1.38 bits per heavy atom. The van der Waals surface area contributed by atoms with E-state index in [4.69, 9.17) is 5.26 Å². The molecule has 0 unspecified atom stereocenters. The molecule has 0 aliphatic carbocycles. The van der Waals surface area contributed by atoms with Crippen LogP contribution in [0.1, 0.15) is 11.1 Å². The molecule has 0 aromatic heterocycles. The first-order chi connectivity index (χ1) is 6.27. The summed E-state index contributed by atoms with van der Waals surface area (Å²) in [5.41, 5.74) is 3.10. The fourth-order valence-corrected chi connectivity index (χ4v) is 1.10. The zero-order chi connectivity index (χ0) is 9.68. The number of hydrogen-bond acceptors (Lipinski definition) is 2. The number of benzene rings is 1. The van der Waals surface area contributed by atoms with E-state index >= 15 is 0 Å². The minimum atomic E-state index is 0.850. The Hall–Kier alpha value is -1.75. The predicted molar refractivity (Wildman–Crippen MR) is 53.8 cm³/mol. The van der Waals surface area contributed by atoms with Crippen LogP contribution in [0.5, 0.6) is 0 Å². The monoisotopic (exact) mass is 172 g/mol. The van der Waals surface area contributed by atoms with E-state index in [-0.39, 0.29) is 0 Å². The summed E-state index contributed by atoms with van der Waals surface area (Å²) in [6, 6.07) is 10.0. The Morgan fingerprint density at radius 3 is 2.46 bits per heavy atom. The number of aryl methyl sites for hydroxylation is 1. The summed E-state index contributed by atoms with van der Waals surface area (Å²) in [6.07, 6.45) is 1.50. The fourth-order valence-electron chi connectivity index (χ4n) is 1.10. The molecule has 13 heavy (non-hydrogen) atoms. The minimum absolute atomic E-state index is 0.850. The quantitative estimate of drug-likeness (QED) is 0.693. The van der Waals surface area contributed by atoms with E-state index in [0.717, 1.165) is 11.3 Å². The van der Waals surface area contributed by atoms with Crippen LogP contribution in [-0.2, 0) is 0 Å². The van der Waals surface area contributed by atoms with Gasteiger partial charge in [0.05, 0.1) is 11.8 Å². The van der Waals surface area contributed by atoms with Gasteiger partial charge in [0.25, 0.3) is 0 Å². The number of rotatable bonds is 2. The summed E-state index contributed by atoms with van der Waals surface area (Å²) in [4.78, 5) is 0. The predicted octanol–water partition coefficient (Wildman–Crippen LogP) is 2.08. The maximum Gasteiger partial charge on any atom is 0.0933 e. The first-order valence-corrected chi connectivity index (χ1v) is 4.12. The lowest BCUT2D eigenvalue weighted by molar-refractivity contribution is 1.13. The van der Waals surface area contributed by atoms with E-state index < -0.39 is 0 Å². The van der Waals surface area contributed by atoms with Crippen molar-refractivity contribution in [3.05, 3.63) is 41.5 Å². The second-order valence-corrected chi connectivity index (χ2v) is 2.80. The molecule has 0 atom stereocenters. The Bertz CT molecular complexity index is 341. The smallest absolute Gasteiger partial charge is 0.0933 e. The highest BCUT2D eigenvalue weighted by Crippen LogP contribution is 2.11. The molecule has 0 amide bonds. The van der Waals surface area contributed by atoms with Crippen molar-refractivity contribution in [3.63, 3.8) is 0 Å². The molecule has 0 saturated carbocycles. The minimum Gasteiger partial charge on any atom is -0.387 e. The molecule has 0 aliphatic rings. The van der Waals surface area contributed by atoms with Crippen molar-refractivity contribution in [2.75, 3.05) is 7.05 Å². The molecule has 66 valence electrons. The molecule has 0 bridgehead atoms. The molecule has 0 aliphatic heterocycles. The first kappa shape index (κ1) is 9.34. The van der Waals surface area contributed by atoms with Crippen molar-refractivity contribution in [1.82, 2.24) is 5.32 Å². The third kappa shape index (κ3) is 2.34. The maximum atomic E-state index is 8.52. The van der Waals surface area contributed by atoms with Gasteiger partial charge in [-0.15, -0.1) is 0 Å². The highest BCUT2D eigenvalue weighted by molar-refractivity contribution is 5.65. The van der Waals surface area contributed by atoms with Crippen LogP contribution >= 0.6 is 0 Å². The molecular formula is C11H12N2. The molecule has 1 rings (SSSR count). The van der Waals surface area contributed by atoms with E-state index in [1.54, 1.807) is 0 Å². The average Bonchev–Trinajstić information content (AvgIpc) is 2.16. The van der Waals surface area contributed by atoms with Gasteiger partial charge in [0.2, 0.25) is 0 Å². The Kier molecular flexibility index (Phi) is 3.10. The lowest BCUT2D eigenvalue weighted by atomic mass is 10.1. The standard InChI is InChI=1S/C11H12N2/c1-9-3-5-10(6-4-9)11(13-2)7-8-12/h3-7,13H,1-2H3/b11-7-. The van der Waals surface area contributed by atoms with Gasteiger partial charge in [0.15, 0.2) is 0 Å². The van der Waals surface area contributed by atoms with Gasteiger partial charge in [-0.1, -0.05) is 29.8 Å². The molecule has 2 heteroatoms. The molecule has 0 spiro atoms. The molecule has 1 N–H and O–H groups in total. The summed E-state index contributed by atoms with van der Waals surface area (Å²) < 4.78 is 0. The van der Waals surface area contributed by atoms with Crippen molar-refractivity contribution >= 4 is 5.70 Å². The molecular weight excluding hydrogens is 160 g/mol. The molecule has 0 fully saturated rings. The average molecular weight is 172 g/mol. The summed E-state index contributed by atoms with van der Waals surface area (Å²) in [5.74, 6) is 0. The van der Waals surface area contributed by atoms with Gasteiger partial charge in [0.1, 0.15) is 0 Å². The zero-order valence-corrected chi connectivity index (χ0v) is 7.83. The van der Waals surface area contributed by atoms with Crippen LogP contribution in [0.15, 0.2) is 30.3 Å². The lowest BCUT2D eigenvalue weighted by Crippen LogP contribution is -2.03. The summed E-state index contributed by atoms with van der Waals surface area (Å²) in [7, 11) is 1.81. The summed E-state index contributed by atoms with van der Waals surface area (Å²) in [5, 5.41) is 11.5. The summed E-state index contributed by atoms with van der Waals surface area (Å²) >= 11 is 0. The van der Waals surface area contributed by atoms with Gasteiger partial charge in [-0.25, -0.2) is 0 Å². The molecule has 1 aromatic rings. The second-order valence-electron chi connectivity index (χ2n) is 2.80. The first-order valence-electron chi connectivity index (χ1n) is 4.12. The number of nitriles is 1. The van der Waals surface area contributed by atoms with Gasteiger partial charge >= 0.3 is 0 Å². The largest absolute Gasteiger partial charge is 0.387 e. The van der Waals surface area contributed by atoms with Gasteiger partial charge in [-0.2, -0.15) is 5.26 Å². The van der Waals surface area contributed by atoms with E-state index in [9.17, 15) is 0 Å². The number of nitrogens with one attached hydrogen (secondary N) is 1. The van der Waals surface area contributed by atoms with E-state index in [1.807, 2.05) is 44.3 Å². The third-order valence-electron chi connectivity index (χ3n) is 1.84. The van der Waals surface area contributed by atoms with Gasteiger partial charge < -0.3 is 5.32 Å². The molecule has 2 nitrogen and oxygen atoms in total. The Balaban J connectivity index is 3.01. The maximum absolute atomic E-state index is 8.52. The Labute approximate surface area is 78.5 Å². The topological polar surface area (TPSA) is 35.8 Å². The third-order valence-corrected chi connectivity index (χ3v) is 1.84. The highest BCUT2D eigenvalue weighted by Gasteiger charge is 1.96. The van der Waals surface area contributed by atoms with Crippen LogP contribution < -0.4 is 5.32 Å². The van der Waals surface area contributed by atoms with Crippen LogP contribution in [-0.4, -0.2) is 7.05 Å². The van der Waals surface area contributed by atoms with Crippen LogP contribution in [0.4, 0.5) is 0 Å². The van der Waals surface area contributed by atoms with Crippen molar-refractivity contribution in [1.29, 1.82) is 5.26 Å². The molecule has 0 heterocycles. The van der Waals surface area contributed by atoms with Crippen LogP contribution in [0, 0.1) is 18.3 Å². The number of hydrogen-bond donors (Lipinski definition) is 1. The van der Waals surface area contributed by atoms with Crippen molar-refractivity contribution in [2.45, 2.75) is 6.92 Å². The van der Waals surface area contributed by atoms with E-state index in [0.29, 0.717) is 0 Å². The lowest BCUT2D eigenvalue weighted by Gasteiger charge is -2.04. The van der Waals surface area contributed by atoms with Crippen LogP contribution in [0.25, 0.3) is 5.70 Å². The highest BCUT2D eigenvalue weighted by atomic mass is 14.8. The van der Waals surface area contributed by atoms with Gasteiger partial charge in [-0.05, 0) is 12.5 Å².